The van der Waals surface area contributed by atoms with Gasteiger partial charge in [0.2, 0.25) is 0 Å². The van der Waals surface area contributed by atoms with Crippen molar-refractivity contribution in [2.45, 2.75) is 53.1 Å². The van der Waals surface area contributed by atoms with Crippen molar-refractivity contribution in [3.05, 3.63) is 58.4 Å². The smallest absolute Gasteiger partial charge is 0.349 e. The highest BCUT2D eigenvalue weighted by atomic mass is 16.5. The summed E-state index contributed by atoms with van der Waals surface area (Å²) in [6.45, 7) is 8.40. The number of amides is 2. The number of para-hydroxylation sites is 1. The molecule has 0 saturated heterocycles. The number of carbonyl (C=O) groups is 3. The van der Waals surface area contributed by atoms with Crippen LogP contribution in [-0.2, 0) is 20.9 Å². The quantitative estimate of drug-likeness (QED) is 0.335. The molecule has 2 aromatic rings. The molecule has 178 valence electrons. The SMILES string of the molecule is Cc1cc(C=C(C#N)C(=O)OCC(=O)Nc2ccccc2C(=O)NC2CC2)c(C)n1CC(C)C. The number of esters is 1. The fourth-order valence-electron chi connectivity index (χ4n) is 3.59. The number of hydrogen-bond donors (Lipinski definition) is 2. The molecule has 0 spiro atoms. The summed E-state index contributed by atoms with van der Waals surface area (Å²) in [6, 6.07) is 10.6. The van der Waals surface area contributed by atoms with Gasteiger partial charge in [-0.15, -0.1) is 0 Å². The molecule has 0 unspecified atom stereocenters. The maximum atomic E-state index is 12.5. The Kier molecular flexibility index (Phi) is 7.90. The molecule has 8 nitrogen and oxygen atoms in total. The van der Waals surface area contributed by atoms with Crippen molar-refractivity contribution in [1.82, 2.24) is 9.88 Å². The lowest BCUT2D eigenvalue weighted by Gasteiger charge is -2.12. The minimum absolute atomic E-state index is 0.183. The molecule has 2 amide bonds. The molecule has 1 aromatic heterocycles. The van der Waals surface area contributed by atoms with Crippen molar-refractivity contribution in [3.63, 3.8) is 0 Å². The number of carbonyl (C=O) groups excluding carboxylic acids is 3. The van der Waals surface area contributed by atoms with Crippen LogP contribution in [0.4, 0.5) is 5.69 Å². The number of aryl methyl sites for hydroxylation is 1. The van der Waals surface area contributed by atoms with Gasteiger partial charge in [-0.2, -0.15) is 5.26 Å². The minimum Gasteiger partial charge on any atom is -0.451 e. The van der Waals surface area contributed by atoms with Gasteiger partial charge in [-0.05, 0) is 62.4 Å². The van der Waals surface area contributed by atoms with Crippen LogP contribution in [0.1, 0.15) is 54.0 Å². The van der Waals surface area contributed by atoms with E-state index < -0.39 is 18.5 Å². The van der Waals surface area contributed by atoms with Crippen LogP contribution in [0, 0.1) is 31.1 Å². The highest BCUT2D eigenvalue weighted by Gasteiger charge is 2.25. The summed E-state index contributed by atoms with van der Waals surface area (Å²) in [7, 11) is 0. The number of rotatable bonds is 9. The van der Waals surface area contributed by atoms with E-state index in [1.54, 1.807) is 24.3 Å². The summed E-state index contributed by atoms with van der Waals surface area (Å²) >= 11 is 0. The van der Waals surface area contributed by atoms with E-state index in [-0.39, 0.29) is 17.5 Å². The molecule has 3 rings (SSSR count). The van der Waals surface area contributed by atoms with Crippen LogP contribution >= 0.6 is 0 Å². The second-order valence-electron chi connectivity index (χ2n) is 8.92. The number of nitrogens with zero attached hydrogens (tertiary/aromatic N) is 2. The van der Waals surface area contributed by atoms with Crippen LogP contribution in [0.25, 0.3) is 6.08 Å². The number of aromatic nitrogens is 1. The van der Waals surface area contributed by atoms with Gasteiger partial charge >= 0.3 is 5.97 Å². The largest absolute Gasteiger partial charge is 0.451 e. The molecular weight excluding hydrogens is 432 g/mol. The van der Waals surface area contributed by atoms with E-state index >= 15 is 0 Å². The van der Waals surface area contributed by atoms with E-state index in [2.05, 4.69) is 29.0 Å². The first-order chi connectivity index (χ1) is 16.2. The molecule has 34 heavy (non-hydrogen) atoms. The van der Waals surface area contributed by atoms with Gasteiger partial charge in [0.1, 0.15) is 11.6 Å². The number of benzene rings is 1. The maximum absolute atomic E-state index is 12.5. The lowest BCUT2D eigenvalue weighted by Crippen LogP contribution is -2.28. The van der Waals surface area contributed by atoms with Crippen LogP contribution < -0.4 is 10.6 Å². The van der Waals surface area contributed by atoms with Gasteiger partial charge in [-0.3, -0.25) is 9.59 Å². The first-order valence-electron chi connectivity index (χ1n) is 11.3. The molecule has 0 bridgehead atoms. The molecule has 1 aliphatic carbocycles. The van der Waals surface area contributed by atoms with Crippen LogP contribution in [0.15, 0.2) is 35.9 Å². The summed E-state index contributed by atoms with van der Waals surface area (Å²) in [5.74, 6) is -1.30. The van der Waals surface area contributed by atoms with Crippen LogP contribution in [0.5, 0.6) is 0 Å². The lowest BCUT2D eigenvalue weighted by molar-refractivity contribution is -0.142. The number of nitrogens with one attached hydrogen (secondary N) is 2. The molecule has 0 aliphatic heterocycles. The number of nitriles is 1. The molecule has 0 atom stereocenters. The first kappa shape index (κ1) is 24.8. The number of ether oxygens (including phenoxy) is 1. The second-order valence-corrected chi connectivity index (χ2v) is 8.92. The van der Waals surface area contributed by atoms with Crippen LogP contribution in [-0.4, -0.2) is 35.0 Å². The average molecular weight is 463 g/mol. The summed E-state index contributed by atoms with van der Waals surface area (Å²) < 4.78 is 7.21. The van der Waals surface area contributed by atoms with Crippen LogP contribution in [0.3, 0.4) is 0 Å². The molecule has 1 aromatic carbocycles. The van der Waals surface area contributed by atoms with Gasteiger partial charge in [-0.25, -0.2) is 4.79 Å². The number of anilines is 1. The van der Waals surface area contributed by atoms with Crippen LogP contribution in [0.2, 0.25) is 0 Å². The highest BCUT2D eigenvalue weighted by Crippen LogP contribution is 2.22. The molecule has 8 heteroatoms. The van der Waals surface area contributed by atoms with Crippen molar-refractivity contribution in [2.24, 2.45) is 5.92 Å². The van der Waals surface area contributed by atoms with Gasteiger partial charge in [0.15, 0.2) is 6.61 Å². The lowest BCUT2D eigenvalue weighted by atomic mass is 10.1. The van der Waals surface area contributed by atoms with Gasteiger partial charge < -0.3 is 19.9 Å². The normalized spacial score (nSPS) is 13.4. The fraction of sp³-hybridized carbons (Fsp3) is 0.385. The van der Waals surface area contributed by atoms with E-state index in [0.717, 1.165) is 36.3 Å². The molecular formula is C26H30N4O4. The van der Waals surface area contributed by atoms with Crippen molar-refractivity contribution in [3.8, 4) is 6.07 Å². The monoisotopic (exact) mass is 462 g/mol. The minimum atomic E-state index is -0.883. The predicted molar refractivity (Wildman–Crippen MR) is 129 cm³/mol. The van der Waals surface area contributed by atoms with E-state index in [0.29, 0.717) is 17.2 Å². The summed E-state index contributed by atoms with van der Waals surface area (Å²) in [6.07, 6.45) is 3.38. The zero-order valence-electron chi connectivity index (χ0n) is 20.0. The second kappa shape index (κ2) is 10.8. The third-order valence-corrected chi connectivity index (χ3v) is 5.49. The molecule has 1 heterocycles. The zero-order valence-corrected chi connectivity index (χ0v) is 20.0. The maximum Gasteiger partial charge on any atom is 0.349 e. The Morgan fingerprint density at radius 2 is 1.94 bits per heavy atom. The summed E-state index contributed by atoms with van der Waals surface area (Å²) in [5.41, 5.74) is 3.21. The Hall–Kier alpha value is -3.86. The van der Waals surface area contributed by atoms with E-state index in [4.69, 9.17) is 4.74 Å². The van der Waals surface area contributed by atoms with Gasteiger partial charge in [0.05, 0.1) is 11.3 Å². The van der Waals surface area contributed by atoms with E-state index in [1.165, 1.54) is 6.08 Å². The molecule has 1 fully saturated rings. The Bertz CT molecular complexity index is 1170. The van der Waals surface area contributed by atoms with E-state index in [1.807, 2.05) is 26.0 Å². The van der Waals surface area contributed by atoms with Crippen molar-refractivity contribution < 1.29 is 19.1 Å². The zero-order chi connectivity index (χ0) is 24.8. The topological polar surface area (TPSA) is 113 Å². The van der Waals surface area contributed by atoms with Crippen molar-refractivity contribution >= 4 is 29.5 Å². The van der Waals surface area contributed by atoms with Crippen molar-refractivity contribution in [1.29, 1.82) is 5.26 Å². The Morgan fingerprint density at radius 1 is 1.24 bits per heavy atom. The predicted octanol–water partition coefficient (Wildman–Crippen LogP) is 3.74. The van der Waals surface area contributed by atoms with Gasteiger partial charge in [0, 0.05) is 24.0 Å². The van der Waals surface area contributed by atoms with Gasteiger partial charge in [0.25, 0.3) is 11.8 Å². The first-order valence-corrected chi connectivity index (χ1v) is 11.3. The summed E-state index contributed by atoms with van der Waals surface area (Å²) in [4.78, 5) is 37.2. The molecule has 1 saturated carbocycles. The Balaban J connectivity index is 1.63. The third kappa shape index (κ3) is 6.35. The standard InChI is InChI=1S/C26H30N4O4/c1-16(2)14-30-17(3)11-19(18(30)4)12-20(13-27)26(33)34-15-24(31)29-23-8-6-5-7-22(23)25(32)28-21-9-10-21/h5-8,11-12,16,21H,9-10,14-15H2,1-4H3,(H,28,32)(H,29,31). The third-order valence-electron chi connectivity index (χ3n) is 5.49. The Labute approximate surface area is 199 Å². The Morgan fingerprint density at radius 3 is 2.59 bits per heavy atom. The highest BCUT2D eigenvalue weighted by molar-refractivity contribution is 6.05. The van der Waals surface area contributed by atoms with E-state index in [9.17, 15) is 19.6 Å². The van der Waals surface area contributed by atoms with Crippen molar-refractivity contribution in [2.75, 3.05) is 11.9 Å². The average Bonchev–Trinajstić information content (AvgIpc) is 3.57. The van der Waals surface area contributed by atoms with Gasteiger partial charge in [-0.1, -0.05) is 26.0 Å². The molecule has 2 N–H and O–H groups in total. The summed E-state index contributed by atoms with van der Waals surface area (Å²) in [5, 5.41) is 15.0. The molecule has 0 radical (unpaired) electrons. The fourth-order valence-corrected chi connectivity index (χ4v) is 3.59. The number of hydrogen-bond acceptors (Lipinski definition) is 5. The molecule has 1 aliphatic rings.